The molecule has 0 fully saturated rings. The molecule has 0 saturated carbocycles. The van der Waals surface area contributed by atoms with Crippen molar-refractivity contribution in [2.45, 2.75) is 52.1 Å². The number of carboxylic acid groups (broad SMARTS) is 1. The molecule has 4 aromatic carbocycles. The van der Waals surface area contributed by atoms with Crippen molar-refractivity contribution in [1.29, 1.82) is 0 Å². The Morgan fingerprint density at radius 2 is 1.48 bits per heavy atom. The number of rotatable bonds is 12. The number of hydrogen-bond acceptors (Lipinski definition) is 3. The summed E-state index contributed by atoms with van der Waals surface area (Å²) in [5.74, 6) is -2.85. The zero-order valence-electron chi connectivity index (χ0n) is 23.7. The molecule has 0 atom stereocenters. The van der Waals surface area contributed by atoms with Gasteiger partial charge in [0.05, 0.1) is 6.54 Å². The third kappa shape index (κ3) is 8.54. The van der Waals surface area contributed by atoms with Gasteiger partial charge in [-0.3, -0.25) is 14.5 Å². The summed E-state index contributed by atoms with van der Waals surface area (Å²) in [6.45, 7) is 2.57. The molecule has 0 aliphatic carbocycles. The molecule has 216 valence electrons. The fourth-order valence-corrected chi connectivity index (χ4v) is 4.93. The molecule has 0 heterocycles. The van der Waals surface area contributed by atoms with E-state index in [2.05, 4.69) is 24.4 Å². The first-order chi connectivity index (χ1) is 20.3. The molecule has 0 unspecified atom stereocenters. The van der Waals surface area contributed by atoms with Gasteiger partial charge >= 0.3 is 11.9 Å². The van der Waals surface area contributed by atoms with Crippen LogP contribution in [0.25, 0.3) is 0 Å². The van der Waals surface area contributed by atoms with Gasteiger partial charge in [0.2, 0.25) is 0 Å². The van der Waals surface area contributed by atoms with Crippen LogP contribution in [0.2, 0.25) is 5.02 Å². The maximum absolute atomic E-state index is 13.0. The number of carbonyl (C=O) groups excluding carboxylic acids is 2. The minimum atomic E-state index is -1.55. The van der Waals surface area contributed by atoms with Gasteiger partial charge in [-0.1, -0.05) is 98.1 Å². The van der Waals surface area contributed by atoms with Gasteiger partial charge in [-0.25, -0.2) is 4.79 Å². The molecule has 0 saturated heterocycles. The Morgan fingerprint density at radius 1 is 0.786 bits per heavy atom. The SMILES string of the molecule is CCCCCc1ccc(CNC(=O)c2cccc(CN(C(=O)C(=O)O)c3ccccc3Cc3ccc(Cl)cc3)c2)cc1. The number of amides is 2. The van der Waals surface area contributed by atoms with Crippen molar-refractivity contribution >= 4 is 35.1 Å². The number of benzene rings is 4. The van der Waals surface area contributed by atoms with Crippen LogP contribution in [0.3, 0.4) is 0 Å². The monoisotopic (exact) mass is 582 g/mol. The average Bonchev–Trinajstić information content (AvgIpc) is 3.00. The van der Waals surface area contributed by atoms with Gasteiger partial charge in [0, 0.05) is 22.8 Å². The topological polar surface area (TPSA) is 86.7 Å². The van der Waals surface area contributed by atoms with E-state index in [1.165, 1.54) is 29.7 Å². The molecule has 2 N–H and O–H groups in total. The van der Waals surface area contributed by atoms with Crippen LogP contribution in [0.4, 0.5) is 5.69 Å². The van der Waals surface area contributed by atoms with Crippen LogP contribution in [0.1, 0.15) is 64.4 Å². The molecule has 0 spiro atoms. The summed E-state index contributed by atoms with van der Waals surface area (Å²) < 4.78 is 0. The van der Waals surface area contributed by atoms with E-state index in [0.29, 0.717) is 34.8 Å². The van der Waals surface area contributed by atoms with Crippen LogP contribution in [0.15, 0.2) is 97.1 Å². The highest BCUT2D eigenvalue weighted by molar-refractivity contribution is 6.37. The highest BCUT2D eigenvalue weighted by Crippen LogP contribution is 2.26. The molecule has 0 radical (unpaired) electrons. The molecule has 6 nitrogen and oxygen atoms in total. The molecule has 7 heteroatoms. The van der Waals surface area contributed by atoms with Gasteiger partial charge in [-0.2, -0.15) is 0 Å². The van der Waals surface area contributed by atoms with E-state index in [1.807, 2.05) is 36.4 Å². The van der Waals surface area contributed by atoms with Crippen molar-refractivity contribution in [2.75, 3.05) is 4.90 Å². The molecule has 4 rings (SSSR count). The predicted octanol–water partition coefficient (Wildman–Crippen LogP) is 7.21. The van der Waals surface area contributed by atoms with Crippen LogP contribution in [0, 0.1) is 0 Å². The number of anilines is 1. The van der Waals surface area contributed by atoms with E-state index >= 15 is 0 Å². The smallest absolute Gasteiger partial charge is 0.394 e. The van der Waals surface area contributed by atoms with Crippen LogP contribution in [-0.4, -0.2) is 22.9 Å². The molecule has 0 aromatic heterocycles. The van der Waals surface area contributed by atoms with Crippen molar-refractivity contribution < 1.29 is 19.5 Å². The molecule has 2 amide bonds. The fraction of sp³-hybridized carbons (Fsp3) is 0.229. The quantitative estimate of drug-likeness (QED) is 0.136. The number of aliphatic carboxylic acids is 1. The first kappa shape index (κ1) is 30.5. The standard InChI is InChI=1S/C35H35ClN2O4/c1-2-3-4-8-25-13-15-27(16-14-25)23-37-33(39)30-11-7-9-28(22-30)24-38(34(40)35(41)42)32-12-6-5-10-29(32)21-26-17-19-31(36)20-18-26/h5-7,9-20,22H,2-4,8,21,23-24H2,1H3,(H,37,39)(H,41,42). The third-order valence-electron chi connectivity index (χ3n) is 7.09. The highest BCUT2D eigenvalue weighted by Gasteiger charge is 2.25. The Bertz CT molecular complexity index is 1520. The van der Waals surface area contributed by atoms with Crippen molar-refractivity contribution in [1.82, 2.24) is 5.32 Å². The van der Waals surface area contributed by atoms with Gasteiger partial charge in [-0.05, 0) is 77.4 Å². The van der Waals surface area contributed by atoms with Gasteiger partial charge in [0.1, 0.15) is 0 Å². The van der Waals surface area contributed by atoms with Gasteiger partial charge in [0.15, 0.2) is 0 Å². The van der Waals surface area contributed by atoms with E-state index in [9.17, 15) is 19.5 Å². The zero-order chi connectivity index (χ0) is 29.9. The largest absolute Gasteiger partial charge is 0.474 e. The number of nitrogens with one attached hydrogen (secondary N) is 1. The Labute approximate surface area is 252 Å². The summed E-state index contributed by atoms with van der Waals surface area (Å²) in [5.41, 5.74) is 5.62. The van der Waals surface area contributed by atoms with Gasteiger partial charge in [-0.15, -0.1) is 0 Å². The lowest BCUT2D eigenvalue weighted by atomic mass is 10.0. The summed E-state index contributed by atoms with van der Waals surface area (Å²) in [4.78, 5) is 39.0. The number of unbranched alkanes of at least 4 members (excludes halogenated alkanes) is 2. The van der Waals surface area contributed by atoms with Gasteiger partial charge < -0.3 is 10.4 Å². The second-order valence-corrected chi connectivity index (χ2v) is 10.7. The van der Waals surface area contributed by atoms with Crippen LogP contribution >= 0.6 is 11.6 Å². The lowest BCUT2D eigenvalue weighted by Gasteiger charge is -2.24. The number of carbonyl (C=O) groups is 3. The number of para-hydroxylation sites is 1. The summed E-state index contributed by atoms with van der Waals surface area (Å²) in [7, 11) is 0. The second kappa shape index (κ2) is 15.0. The highest BCUT2D eigenvalue weighted by atomic mass is 35.5. The first-order valence-electron chi connectivity index (χ1n) is 14.2. The second-order valence-electron chi connectivity index (χ2n) is 10.3. The zero-order valence-corrected chi connectivity index (χ0v) is 24.4. The first-order valence-corrected chi connectivity index (χ1v) is 14.5. The fourth-order valence-electron chi connectivity index (χ4n) is 4.81. The molecule has 42 heavy (non-hydrogen) atoms. The van der Waals surface area contributed by atoms with Crippen molar-refractivity contribution in [3.05, 3.63) is 135 Å². The Hall–Kier alpha value is -4.42. The van der Waals surface area contributed by atoms with Crippen LogP contribution in [-0.2, 0) is 35.5 Å². The number of hydrogen-bond donors (Lipinski definition) is 2. The Kier molecular flexibility index (Phi) is 10.9. The molecular weight excluding hydrogens is 548 g/mol. The van der Waals surface area contributed by atoms with E-state index < -0.39 is 11.9 Å². The Morgan fingerprint density at radius 3 is 2.19 bits per heavy atom. The Balaban J connectivity index is 1.48. The molecule has 0 aliphatic heterocycles. The molecule has 0 aliphatic rings. The molecule has 4 aromatic rings. The summed E-state index contributed by atoms with van der Waals surface area (Å²) in [5, 5.41) is 13.2. The minimum absolute atomic E-state index is 0.0105. The van der Waals surface area contributed by atoms with Crippen molar-refractivity contribution in [2.24, 2.45) is 0 Å². The summed E-state index contributed by atoms with van der Waals surface area (Å²) in [6, 6.07) is 29.8. The van der Waals surface area contributed by atoms with Crippen LogP contribution < -0.4 is 10.2 Å². The lowest BCUT2D eigenvalue weighted by Crippen LogP contribution is -2.36. The summed E-state index contributed by atoms with van der Waals surface area (Å²) >= 11 is 6.03. The van der Waals surface area contributed by atoms with E-state index in [1.54, 1.807) is 48.5 Å². The van der Waals surface area contributed by atoms with Crippen molar-refractivity contribution in [3.63, 3.8) is 0 Å². The number of aryl methyl sites for hydroxylation is 1. The predicted molar refractivity (Wildman–Crippen MR) is 167 cm³/mol. The van der Waals surface area contributed by atoms with E-state index in [4.69, 9.17) is 11.6 Å². The average molecular weight is 583 g/mol. The normalized spacial score (nSPS) is 10.7. The lowest BCUT2D eigenvalue weighted by molar-refractivity contribution is -0.148. The number of carboxylic acids is 1. The number of nitrogens with zero attached hydrogens (tertiary/aromatic N) is 1. The van der Waals surface area contributed by atoms with E-state index in [0.717, 1.165) is 23.1 Å². The number of halogens is 1. The van der Waals surface area contributed by atoms with Crippen LogP contribution in [0.5, 0.6) is 0 Å². The maximum Gasteiger partial charge on any atom is 0.394 e. The molecule has 0 bridgehead atoms. The summed E-state index contributed by atoms with van der Waals surface area (Å²) in [6.07, 6.45) is 5.12. The molecular formula is C35H35ClN2O4. The van der Waals surface area contributed by atoms with Crippen molar-refractivity contribution in [3.8, 4) is 0 Å². The minimum Gasteiger partial charge on any atom is -0.474 e. The maximum atomic E-state index is 13.0. The van der Waals surface area contributed by atoms with Gasteiger partial charge in [0.25, 0.3) is 5.91 Å². The van der Waals surface area contributed by atoms with E-state index in [-0.39, 0.29) is 12.5 Å². The third-order valence-corrected chi connectivity index (χ3v) is 7.35.